The van der Waals surface area contributed by atoms with Crippen molar-refractivity contribution in [2.75, 3.05) is 6.26 Å². The fourth-order valence-electron chi connectivity index (χ4n) is 4.64. The summed E-state index contributed by atoms with van der Waals surface area (Å²) < 4.78 is 5.85. The van der Waals surface area contributed by atoms with Gasteiger partial charge < -0.3 is 9.84 Å². The second-order valence-corrected chi connectivity index (χ2v) is 7.85. The SMILES string of the molecule is CSC(C)C(=O)OC12CC3CC(CC(O)(C3)C1)C2. The number of ether oxygens (including phenoxy) is 1. The molecule has 4 saturated carbocycles. The first-order valence-electron chi connectivity index (χ1n) is 6.92. The van der Waals surface area contributed by atoms with Crippen LogP contribution in [0.5, 0.6) is 0 Å². The zero-order chi connectivity index (χ0) is 13.0. The number of rotatable bonds is 3. The molecule has 1 N–H and O–H groups in total. The third kappa shape index (κ3) is 2.07. The molecule has 102 valence electrons. The zero-order valence-electron chi connectivity index (χ0n) is 11.1. The summed E-state index contributed by atoms with van der Waals surface area (Å²) >= 11 is 1.52. The molecule has 0 spiro atoms. The van der Waals surface area contributed by atoms with Crippen molar-refractivity contribution in [3.05, 3.63) is 0 Å². The van der Waals surface area contributed by atoms with Crippen molar-refractivity contribution in [1.82, 2.24) is 0 Å². The molecule has 0 aliphatic heterocycles. The summed E-state index contributed by atoms with van der Waals surface area (Å²) in [7, 11) is 0. The molecule has 0 aromatic carbocycles. The third-order valence-electron chi connectivity index (χ3n) is 4.98. The van der Waals surface area contributed by atoms with Crippen LogP contribution < -0.4 is 0 Å². The molecule has 4 aliphatic carbocycles. The van der Waals surface area contributed by atoms with Gasteiger partial charge in [0.2, 0.25) is 0 Å². The smallest absolute Gasteiger partial charge is 0.319 e. The topological polar surface area (TPSA) is 46.5 Å². The normalized spacial score (nSPS) is 47.1. The number of esters is 1. The predicted molar refractivity (Wildman–Crippen MR) is 71.4 cm³/mol. The number of aliphatic hydroxyl groups is 1. The minimum Gasteiger partial charge on any atom is -0.458 e. The molecule has 0 saturated heterocycles. The Morgan fingerprint density at radius 3 is 2.44 bits per heavy atom. The van der Waals surface area contributed by atoms with Gasteiger partial charge in [0.05, 0.1) is 10.9 Å². The van der Waals surface area contributed by atoms with E-state index in [1.165, 1.54) is 18.2 Å². The molecular weight excluding hydrogens is 248 g/mol. The van der Waals surface area contributed by atoms with E-state index in [1.54, 1.807) is 0 Å². The highest BCUT2D eigenvalue weighted by Gasteiger charge is 2.59. The van der Waals surface area contributed by atoms with E-state index in [4.69, 9.17) is 4.74 Å². The maximum atomic E-state index is 12.0. The van der Waals surface area contributed by atoms with Gasteiger partial charge in [-0.1, -0.05) is 0 Å². The molecule has 4 bridgehead atoms. The molecule has 4 fully saturated rings. The van der Waals surface area contributed by atoms with Gasteiger partial charge in [0, 0.05) is 6.42 Å². The van der Waals surface area contributed by atoms with Crippen molar-refractivity contribution in [2.24, 2.45) is 11.8 Å². The van der Waals surface area contributed by atoms with Gasteiger partial charge >= 0.3 is 5.97 Å². The van der Waals surface area contributed by atoms with Crippen molar-refractivity contribution in [2.45, 2.75) is 61.9 Å². The minimum atomic E-state index is -0.549. The molecule has 0 amide bonds. The lowest BCUT2D eigenvalue weighted by Crippen LogP contribution is -2.60. The maximum Gasteiger partial charge on any atom is 0.319 e. The van der Waals surface area contributed by atoms with Crippen LogP contribution in [0.2, 0.25) is 0 Å². The van der Waals surface area contributed by atoms with Crippen LogP contribution in [0, 0.1) is 11.8 Å². The van der Waals surface area contributed by atoms with Crippen molar-refractivity contribution >= 4 is 17.7 Å². The first-order valence-corrected chi connectivity index (χ1v) is 8.20. The van der Waals surface area contributed by atoms with Gasteiger partial charge in [0.15, 0.2) is 0 Å². The minimum absolute atomic E-state index is 0.104. The van der Waals surface area contributed by atoms with E-state index in [0.29, 0.717) is 18.3 Å². The summed E-state index contributed by atoms with van der Waals surface area (Å²) in [5, 5.41) is 10.5. The summed E-state index contributed by atoms with van der Waals surface area (Å²) in [5.74, 6) is 1.02. The lowest BCUT2D eigenvalue weighted by atomic mass is 9.52. The van der Waals surface area contributed by atoms with Gasteiger partial charge in [-0.25, -0.2) is 0 Å². The molecule has 3 unspecified atom stereocenters. The molecule has 0 heterocycles. The van der Waals surface area contributed by atoms with E-state index in [-0.39, 0.29) is 16.8 Å². The van der Waals surface area contributed by atoms with Crippen LogP contribution in [-0.4, -0.2) is 33.8 Å². The van der Waals surface area contributed by atoms with E-state index >= 15 is 0 Å². The first-order chi connectivity index (χ1) is 8.44. The lowest BCUT2D eigenvalue weighted by Gasteiger charge is -2.59. The van der Waals surface area contributed by atoms with Crippen LogP contribution in [0.1, 0.15) is 45.4 Å². The molecule has 3 atom stereocenters. The monoisotopic (exact) mass is 270 g/mol. The molecule has 3 nitrogen and oxygen atoms in total. The number of thioether (sulfide) groups is 1. The summed E-state index contributed by atoms with van der Waals surface area (Å²) in [6.45, 7) is 1.89. The Balaban J connectivity index is 1.77. The average Bonchev–Trinajstić information content (AvgIpc) is 2.23. The van der Waals surface area contributed by atoms with Gasteiger partial charge in [0.25, 0.3) is 0 Å². The lowest BCUT2D eigenvalue weighted by molar-refractivity contribution is -0.219. The molecule has 0 aromatic heterocycles. The van der Waals surface area contributed by atoms with Crippen molar-refractivity contribution < 1.29 is 14.6 Å². The van der Waals surface area contributed by atoms with Crippen LogP contribution in [0.15, 0.2) is 0 Å². The summed E-state index contributed by atoms with van der Waals surface area (Å²) in [5.41, 5.74) is -0.896. The maximum absolute atomic E-state index is 12.0. The second-order valence-electron chi connectivity index (χ2n) is 6.67. The zero-order valence-corrected chi connectivity index (χ0v) is 12.0. The fourth-order valence-corrected chi connectivity index (χ4v) is 4.88. The molecular formula is C14H22O3S. The van der Waals surface area contributed by atoms with Crippen molar-refractivity contribution in [3.63, 3.8) is 0 Å². The molecule has 0 aromatic rings. The van der Waals surface area contributed by atoms with E-state index in [2.05, 4.69) is 0 Å². The van der Waals surface area contributed by atoms with Crippen molar-refractivity contribution in [3.8, 4) is 0 Å². The van der Waals surface area contributed by atoms with E-state index in [9.17, 15) is 9.90 Å². The highest BCUT2D eigenvalue weighted by molar-refractivity contribution is 7.99. The van der Waals surface area contributed by atoms with Gasteiger partial charge in [-0.2, -0.15) is 11.8 Å². The fraction of sp³-hybridized carbons (Fsp3) is 0.929. The highest BCUT2D eigenvalue weighted by atomic mass is 32.2. The van der Waals surface area contributed by atoms with E-state index in [1.807, 2.05) is 13.2 Å². The van der Waals surface area contributed by atoms with Gasteiger partial charge in [-0.15, -0.1) is 0 Å². The van der Waals surface area contributed by atoms with E-state index < -0.39 is 5.60 Å². The number of hydrogen-bond donors (Lipinski definition) is 1. The Kier molecular flexibility index (Phi) is 2.94. The quantitative estimate of drug-likeness (QED) is 0.800. The highest BCUT2D eigenvalue weighted by Crippen LogP contribution is 2.58. The van der Waals surface area contributed by atoms with Crippen LogP contribution in [0.25, 0.3) is 0 Å². The Morgan fingerprint density at radius 2 is 1.94 bits per heavy atom. The van der Waals surface area contributed by atoms with Gasteiger partial charge in [0.1, 0.15) is 5.60 Å². The Labute approximate surface area is 113 Å². The largest absolute Gasteiger partial charge is 0.458 e. The van der Waals surface area contributed by atoms with E-state index in [0.717, 1.165) is 25.7 Å². The van der Waals surface area contributed by atoms with Crippen molar-refractivity contribution in [1.29, 1.82) is 0 Å². The Hall–Kier alpha value is -0.220. The molecule has 4 heteroatoms. The average molecular weight is 270 g/mol. The standard InChI is InChI=1S/C14H22O3S/c1-9(18-2)12(15)17-14-6-10-3-11(7-14)5-13(16,4-10)8-14/h9-11,16H,3-8H2,1-2H3. The van der Waals surface area contributed by atoms with Crippen LogP contribution in [-0.2, 0) is 9.53 Å². The molecule has 4 aliphatic rings. The number of hydrogen-bond acceptors (Lipinski definition) is 4. The van der Waals surface area contributed by atoms with Gasteiger partial charge in [-0.05, 0) is 57.1 Å². The van der Waals surface area contributed by atoms with Gasteiger partial charge in [-0.3, -0.25) is 4.79 Å². The summed E-state index contributed by atoms with van der Waals surface area (Å²) in [6.07, 6.45) is 7.59. The molecule has 18 heavy (non-hydrogen) atoms. The summed E-state index contributed by atoms with van der Waals surface area (Å²) in [6, 6.07) is 0. The number of carbonyl (C=O) groups is 1. The summed E-state index contributed by atoms with van der Waals surface area (Å²) in [4.78, 5) is 12.0. The second kappa shape index (κ2) is 4.14. The Bertz CT molecular complexity index is 354. The predicted octanol–water partition coefficient (Wildman–Crippen LogP) is 2.36. The number of carbonyl (C=O) groups excluding carboxylic acids is 1. The van der Waals surface area contributed by atoms with Crippen LogP contribution in [0.4, 0.5) is 0 Å². The molecule has 4 rings (SSSR count). The van der Waals surface area contributed by atoms with Crippen LogP contribution in [0.3, 0.4) is 0 Å². The molecule has 0 radical (unpaired) electrons. The third-order valence-corrected chi connectivity index (χ3v) is 5.88. The van der Waals surface area contributed by atoms with Crippen LogP contribution >= 0.6 is 11.8 Å². The first kappa shape index (κ1) is 12.8. The Morgan fingerprint density at radius 1 is 1.33 bits per heavy atom.